The molecule has 0 spiro atoms. The van der Waals surface area contributed by atoms with Gasteiger partial charge in [0.2, 0.25) is 5.88 Å². The first-order valence-electron chi connectivity index (χ1n) is 5.44. The third-order valence-electron chi connectivity index (χ3n) is 1.94. The Bertz CT molecular complexity index is 280. The quantitative estimate of drug-likeness (QED) is 0.520. The lowest BCUT2D eigenvalue weighted by Gasteiger charge is -2.05. The molecule has 0 aliphatic rings. The van der Waals surface area contributed by atoms with Crippen molar-refractivity contribution >= 4 is 11.6 Å². The van der Waals surface area contributed by atoms with Gasteiger partial charge in [-0.25, -0.2) is 4.98 Å². The van der Waals surface area contributed by atoms with E-state index in [0.29, 0.717) is 25.0 Å². The summed E-state index contributed by atoms with van der Waals surface area (Å²) >= 11 is 5.59. The number of aromatic nitrogens is 2. The van der Waals surface area contributed by atoms with E-state index in [9.17, 15) is 0 Å². The van der Waals surface area contributed by atoms with E-state index in [1.165, 1.54) is 0 Å². The van der Waals surface area contributed by atoms with Crippen LogP contribution in [0.15, 0.2) is 12.4 Å². The topological polar surface area (TPSA) is 44.2 Å². The molecule has 4 nitrogen and oxygen atoms in total. The van der Waals surface area contributed by atoms with Gasteiger partial charge in [0.15, 0.2) is 0 Å². The van der Waals surface area contributed by atoms with Crippen LogP contribution >= 0.6 is 11.6 Å². The summed E-state index contributed by atoms with van der Waals surface area (Å²) in [6.45, 7) is 4.00. The Kier molecular flexibility index (Phi) is 6.85. The van der Waals surface area contributed by atoms with Gasteiger partial charge in [-0.2, -0.15) is 0 Å². The van der Waals surface area contributed by atoms with Crippen LogP contribution in [-0.4, -0.2) is 29.8 Å². The van der Waals surface area contributed by atoms with Crippen LogP contribution in [0.1, 0.15) is 25.5 Å². The summed E-state index contributed by atoms with van der Waals surface area (Å²) in [5.41, 5.74) is 0.744. The second-order valence-corrected chi connectivity index (χ2v) is 3.56. The number of hydrogen-bond donors (Lipinski definition) is 0. The molecule has 0 N–H and O–H groups in total. The fourth-order valence-electron chi connectivity index (χ4n) is 1.04. The van der Waals surface area contributed by atoms with E-state index >= 15 is 0 Å². The molecule has 0 aromatic carbocycles. The lowest BCUT2D eigenvalue weighted by Crippen LogP contribution is -2.08. The van der Waals surface area contributed by atoms with Crippen molar-refractivity contribution < 1.29 is 9.47 Å². The lowest BCUT2D eigenvalue weighted by molar-refractivity contribution is 0.0963. The van der Waals surface area contributed by atoms with Crippen molar-refractivity contribution in [1.29, 1.82) is 0 Å². The summed E-state index contributed by atoms with van der Waals surface area (Å²) in [7, 11) is 0. The van der Waals surface area contributed by atoms with Gasteiger partial charge in [-0.05, 0) is 6.42 Å². The zero-order chi connectivity index (χ0) is 11.6. The standard InChI is InChI=1S/C11H17ClN2O2/c1-2-3-4-15-5-6-16-11-9-13-10(7-12)8-14-11/h8-9H,2-7H2,1H3. The molecule has 5 heteroatoms. The van der Waals surface area contributed by atoms with Gasteiger partial charge < -0.3 is 9.47 Å². The first kappa shape index (κ1) is 13.2. The maximum absolute atomic E-state index is 5.59. The third kappa shape index (κ3) is 5.28. The highest BCUT2D eigenvalue weighted by atomic mass is 35.5. The highest BCUT2D eigenvalue weighted by molar-refractivity contribution is 6.16. The van der Waals surface area contributed by atoms with Crippen molar-refractivity contribution in [2.45, 2.75) is 25.6 Å². The fraction of sp³-hybridized carbons (Fsp3) is 0.636. The van der Waals surface area contributed by atoms with Crippen molar-refractivity contribution in [2.24, 2.45) is 0 Å². The normalized spacial score (nSPS) is 10.4. The molecular formula is C11H17ClN2O2. The zero-order valence-corrected chi connectivity index (χ0v) is 10.2. The number of nitrogens with zero attached hydrogens (tertiary/aromatic N) is 2. The Hall–Kier alpha value is -0.870. The summed E-state index contributed by atoms with van der Waals surface area (Å²) in [5, 5.41) is 0. The molecule has 1 aromatic rings. The van der Waals surface area contributed by atoms with Crippen molar-refractivity contribution in [1.82, 2.24) is 9.97 Å². The molecule has 0 aliphatic carbocycles. The first-order valence-corrected chi connectivity index (χ1v) is 5.97. The van der Waals surface area contributed by atoms with Crippen LogP contribution in [0.4, 0.5) is 0 Å². The predicted molar refractivity (Wildman–Crippen MR) is 62.8 cm³/mol. The Morgan fingerprint density at radius 3 is 2.69 bits per heavy atom. The van der Waals surface area contributed by atoms with E-state index in [1.807, 2.05) is 0 Å². The van der Waals surface area contributed by atoms with Crippen LogP contribution < -0.4 is 4.74 Å². The SMILES string of the molecule is CCCCOCCOc1cnc(CCl)cn1. The summed E-state index contributed by atoms with van der Waals surface area (Å²) in [4.78, 5) is 8.12. The van der Waals surface area contributed by atoms with Gasteiger partial charge in [-0.1, -0.05) is 13.3 Å². The van der Waals surface area contributed by atoms with Gasteiger partial charge in [0.25, 0.3) is 0 Å². The van der Waals surface area contributed by atoms with Crippen molar-refractivity contribution in [2.75, 3.05) is 19.8 Å². The molecule has 0 fully saturated rings. The van der Waals surface area contributed by atoms with Gasteiger partial charge in [0.1, 0.15) is 6.61 Å². The Labute approximate surface area is 101 Å². The van der Waals surface area contributed by atoms with E-state index in [4.69, 9.17) is 21.1 Å². The third-order valence-corrected chi connectivity index (χ3v) is 2.21. The molecule has 90 valence electrons. The number of halogens is 1. The van der Waals surface area contributed by atoms with Crippen LogP contribution in [-0.2, 0) is 10.6 Å². The molecule has 0 bridgehead atoms. The summed E-state index contributed by atoms with van der Waals surface area (Å²) < 4.78 is 10.7. The smallest absolute Gasteiger partial charge is 0.232 e. The van der Waals surface area contributed by atoms with E-state index in [2.05, 4.69) is 16.9 Å². The monoisotopic (exact) mass is 244 g/mol. The minimum atomic E-state index is 0.368. The second-order valence-electron chi connectivity index (χ2n) is 3.29. The molecule has 0 unspecified atom stereocenters. The van der Waals surface area contributed by atoms with Crippen molar-refractivity contribution in [3.63, 3.8) is 0 Å². The zero-order valence-electron chi connectivity index (χ0n) is 9.49. The summed E-state index contributed by atoms with van der Waals surface area (Å²) in [6.07, 6.45) is 5.42. The van der Waals surface area contributed by atoms with Crippen LogP contribution in [0.2, 0.25) is 0 Å². The van der Waals surface area contributed by atoms with Crippen LogP contribution in [0, 0.1) is 0 Å². The molecule has 1 aromatic heterocycles. The second kappa shape index (κ2) is 8.30. The minimum Gasteiger partial charge on any atom is -0.474 e. The first-order chi connectivity index (χ1) is 7.86. The predicted octanol–water partition coefficient (Wildman–Crippen LogP) is 2.41. The lowest BCUT2D eigenvalue weighted by atomic mass is 10.4. The molecule has 0 radical (unpaired) electrons. The Morgan fingerprint density at radius 2 is 2.06 bits per heavy atom. The number of unbranched alkanes of at least 4 members (excludes halogenated alkanes) is 1. The molecule has 0 amide bonds. The highest BCUT2D eigenvalue weighted by Gasteiger charge is 1.97. The molecule has 0 aliphatic heterocycles. The van der Waals surface area contributed by atoms with E-state index in [0.717, 1.165) is 25.1 Å². The average molecular weight is 245 g/mol. The molecule has 0 saturated heterocycles. The van der Waals surface area contributed by atoms with E-state index in [1.54, 1.807) is 12.4 Å². The maximum Gasteiger partial charge on any atom is 0.232 e. The number of rotatable bonds is 8. The summed E-state index contributed by atoms with van der Waals surface area (Å²) in [5.74, 6) is 0.876. The van der Waals surface area contributed by atoms with Gasteiger partial charge >= 0.3 is 0 Å². The molecule has 1 rings (SSSR count). The van der Waals surface area contributed by atoms with Gasteiger partial charge in [0.05, 0.1) is 30.6 Å². The molecule has 0 atom stereocenters. The molecular weight excluding hydrogens is 228 g/mol. The molecule has 1 heterocycles. The van der Waals surface area contributed by atoms with Crippen LogP contribution in [0.5, 0.6) is 5.88 Å². The highest BCUT2D eigenvalue weighted by Crippen LogP contribution is 2.05. The number of alkyl halides is 1. The largest absolute Gasteiger partial charge is 0.474 e. The van der Waals surface area contributed by atoms with E-state index < -0.39 is 0 Å². The minimum absolute atomic E-state index is 0.368. The fourth-order valence-corrected chi connectivity index (χ4v) is 1.18. The Morgan fingerprint density at radius 1 is 1.19 bits per heavy atom. The van der Waals surface area contributed by atoms with Gasteiger partial charge in [0, 0.05) is 6.61 Å². The van der Waals surface area contributed by atoms with Crippen molar-refractivity contribution in [3.05, 3.63) is 18.1 Å². The van der Waals surface area contributed by atoms with E-state index in [-0.39, 0.29) is 0 Å². The molecule has 0 saturated carbocycles. The van der Waals surface area contributed by atoms with Crippen LogP contribution in [0.3, 0.4) is 0 Å². The van der Waals surface area contributed by atoms with Gasteiger partial charge in [-0.3, -0.25) is 4.98 Å². The maximum atomic E-state index is 5.59. The summed E-state index contributed by atoms with van der Waals surface area (Å²) in [6, 6.07) is 0. The molecule has 16 heavy (non-hydrogen) atoms. The van der Waals surface area contributed by atoms with Crippen LogP contribution in [0.25, 0.3) is 0 Å². The van der Waals surface area contributed by atoms with Gasteiger partial charge in [-0.15, -0.1) is 11.6 Å². The number of hydrogen-bond acceptors (Lipinski definition) is 4. The number of ether oxygens (including phenoxy) is 2. The Balaban J connectivity index is 2.12. The van der Waals surface area contributed by atoms with Crippen molar-refractivity contribution in [3.8, 4) is 5.88 Å². The average Bonchev–Trinajstić information content (AvgIpc) is 2.34.